The highest BCUT2D eigenvalue weighted by molar-refractivity contribution is 8.14. The molecule has 0 saturated heterocycles. The second kappa shape index (κ2) is 5.85. The highest BCUT2D eigenvalue weighted by atomic mass is 32.2. The minimum absolute atomic E-state index is 0.0228. The lowest BCUT2D eigenvalue weighted by Crippen LogP contribution is -2.09. The number of aliphatic imine (C=N–C) groups is 1. The Morgan fingerprint density at radius 1 is 1.14 bits per heavy atom. The maximum atomic E-state index is 14.0. The molecule has 5 heteroatoms. The Hall–Kier alpha value is -1.88. The first-order valence-electron chi connectivity index (χ1n) is 6.62. The lowest BCUT2D eigenvalue weighted by molar-refractivity contribution is 0.585. The van der Waals surface area contributed by atoms with E-state index in [1.807, 2.05) is 30.3 Å². The van der Waals surface area contributed by atoms with Crippen molar-refractivity contribution in [2.75, 3.05) is 11.1 Å². The zero-order valence-corrected chi connectivity index (χ0v) is 12.3. The van der Waals surface area contributed by atoms with Crippen LogP contribution in [0.5, 0.6) is 0 Å². The standard InChI is InChI=1S/C16H14F2N2S/c1-10-7-8-12(17)15(14(10)18)20-16-19-13(9-21-16)11-5-3-2-4-6-11/h2-8,13H,9H2,1H3,(H,19,20). The van der Waals surface area contributed by atoms with E-state index in [-0.39, 0.29) is 11.7 Å². The number of amidine groups is 1. The van der Waals surface area contributed by atoms with E-state index >= 15 is 0 Å². The van der Waals surface area contributed by atoms with Gasteiger partial charge in [-0.2, -0.15) is 0 Å². The minimum atomic E-state index is -0.607. The summed E-state index contributed by atoms with van der Waals surface area (Å²) in [5.41, 5.74) is 1.38. The van der Waals surface area contributed by atoms with Gasteiger partial charge in [0.15, 0.2) is 11.0 Å². The first kappa shape index (κ1) is 14.1. The van der Waals surface area contributed by atoms with Crippen molar-refractivity contribution in [2.45, 2.75) is 13.0 Å². The molecule has 2 nitrogen and oxygen atoms in total. The second-order valence-electron chi connectivity index (χ2n) is 4.85. The highest BCUT2D eigenvalue weighted by Gasteiger charge is 2.22. The zero-order chi connectivity index (χ0) is 14.8. The van der Waals surface area contributed by atoms with Gasteiger partial charge in [0.25, 0.3) is 0 Å². The lowest BCUT2D eigenvalue weighted by atomic mass is 10.1. The third kappa shape index (κ3) is 2.93. The van der Waals surface area contributed by atoms with Crippen LogP contribution in [0.1, 0.15) is 17.2 Å². The summed E-state index contributed by atoms with van der Waals surface area (Å²) >= 11 is 1.47. The maximum absolute atomic E-state index is 14.0. The number of nitrogens with zero attached hydrogens (tertiary/aromatic N) is 1. The van der Waals surface area contributed by atoms with E-state index in [1.54, 1.807) is 6.92 Å². The van der Waals surface area contributed by atoms with Crippen molar-refractivity contribution in [2.24, 2.45) is 4.99 Å². The van der Waals surface area contributed by atoms with Gasteiger partial charge in [-0.15, -0.1) is 0 Å². The summed E-state index contributed by atoms with van der Waals surface area (Å²) in [6.45, 7) is 1.61. The largest absolute Gasteiger partial charge is 0.330 e. The van der Waals surface area contributed by atoms with Crippen molar-refractivity contribution >= 4 is 22.6 Å². The number of nitrogens with one attached hydrogen (secondary N) is 1. The molecule has 1 unspecified atom stereocenters. The van der Waals surface area contributed by atoms with Gasteiger partial charge in [0.1, 0.15) is 11.5 Å². The Morgan fingerprint density at radius 3 is 2.67 bits per heavy atom. The Kier molecular flexibility index (Phi) is 3.92. The molecule has 2 aromatic carbocycles. The normalized spacial score (nSPS) is 17.7. The molecule has 0 radical (unpaired) electrons. The third-order valence-corrected chi connectivity index (χ3v) is 4.31. The Bertz CT molecular complexity index is 686. The molecule has 1 heterocycles. The number of rotatable bonds is 2. The molecule has 1 atom stereocenters. The molecule has 0 fully saturated rings. The van der Waals surface area contributed by atoms with Crippen LogP contribution < -0.4 is 5.32 Å². The number of halogens is 2. The predicted molar refractivity (Wildman–Crippen MR) is 83.8 cm³/mol. The Balaban J connectivity index is 1.82. The molecule has 3 rings (SSSR count). The van der Waals surface area contributed by atoms with Gasteiger partial charge in [-0.25, -0.2) is 8.78 Å². The molecule has 0 bridgehead atoms. The number of thioether (sulfide) groups is 1. The highest BCUT2D eigenvalue weighted by Crippen LogP contribution is 2.32. The summed E-state index contributed by atoms with van der Waals surface area (Å²) in [4.78, 5) is 4.50. The fraction of sp³-hybridized carbons (Fsp3) is 0.188. The first-order valence-corrected chi connectivity index (χ1v) is 7.61. The smallest absolute Gasteiger partial charge is 0.161 e. The van der Waals surface area contributed by atoms with Gasteiger partial charge in [-0.1, -0.05) is 48.2 Å². The van der Waals surface area contributed by atoms with Crippen molar-refractivity contribution in [3.05, 3.63) is 65.2 Å². The third-order valence-electron chi connectivity index (χ3n) is 3.35. The quantitative estimate of drug-likeness (QED) is 0.881. The van der Waals surface area contributed by atoms with Crippen LogP contribution in [0.15, 0.2) is 47.5 Å². The number of hydrogen-bond donors (Lipinski definition) is 1. The second-order valence-corrected chi connectivity index (χ2v) is 5.86. The van der Waals surface area contributed by atoms with Gasteiger partial charge in [-0.05, 0) is 24.1 Å². The van der Waals surface area contributed by atoms with E-state index in [2.05, 4.69) is 10.3 Å². The summed E-state index contributed by atoms with van der Waals surface area (Å²) < 4.78 is 27.7. The maximum Gasteiger partial charge on any atom is 0.161 e. The average molecular weight is 304 g/mol. The van der Waals surface area contributed by atoms with E-state index in [1.165, 1.54) is 23.9 Å². The van der Waals surface area contributed by atoms with Gasteiger partial charge in [0.2, 0.25) is 0 Å². The SMILES string of the molecule is Cc1ccc(F)c(NC2=NC(c3ccccc3)CS2)c1F. The summed E-state index contributed by atoms with van der Waals surface area (Å²) in [6.07, 6.45) is 0. The molecule has 0 spiro atoms. The van der Waals surface area contributed by atoms with Gasteiger partial charge in [-0.3, -0.25) is 4.99 Å². The van der Waals surface area contributed by atoms with Gasteiger partial charge in [0.05, 0.1) is 6.04 Å². The van der Waals surface area contributed by atoms with E-state index in [9.17, 15) is 8.78 Å². The fourth-order valence-electron chi connectivity index (χ4n) is 2.17. The summed E-state index contributed by atoms with van der Waals surface area (Å²) in [7, 11) is 0. The number of anilines is 1. The number of hydrogen-bond acceptors (Lipinski definition) is 3. The topological polar surface area (TPSA) is 24.4 Å². The van der Waals surface area contributed by atoms with E-state index in [4.69, 9.17) is 0 Å². The van der Waals surface area contributed by atoms with Crippen molar-refractivity contribution < 1.29 is 8.78 Å². The van der Waals surface area contributed by atoms with E-state index in [0.29, 0.717) is 10.7 Å². The molecular weight excluding hydrogens is 290 g/mol. The molecule has 0 aromatic heterocycles. The molecular formula is C16H14F2N2S. The van der Waals surface area contributed by atoms with E-state index in [0.717, 1.165) is 11.3 Å². The van der Waals surface area contributed by atoms with Crippen molar-refractivity contribution in [3.8, 4) is 0 Å². The van der Waals surface area contributed by atoms with Crippen LogP contribution in [0.2, 0.25) is 0 Å². The minimum Gasteiger partial charge on any atom is -0.330 e. The first-order chi connectivity index (χ1) is 10.1. The molecule has 0 amide bonds. The molecule has 108 valence electrons. The average Bonchev–Trinajstić information content (AvgIpc) is 2.97. The van der Waals surface area contributed by atoms with Gasteiger partial charge < -0.3 is 5.32 Å². The number of benzene rings is 2. The zero-order valence-electron chi connectivity index (χ0n) is 11.4. The van der Waals surface area contributed by atoms with Crippen LogP contribution in [0, 0.1) is 18.6 Å². The monoisotopic (exact) mass is 304 g/mol. The molecule has 1 aliphatic heterocycles. The van der Waals surface area contributed by atoms with Crippen LogP contribution in [-0.4, -0.2) is 10.9 Å². The van der Waals surface area contributed by atoms with Crippen LogP contribution in [0.3, 0.4) is 0 Å². The van der Waals surface area contributed by atoms with Crippen molar-refractivity contribution in [1.29, 1.82) is 0 Å². The van der Waals surface area contributed by atoms with Crippen molar-refractivity contribution in [1.82, 2.24) is 0 Å². The van der Waals surface area contributed by atoms with Crippen LogP contribution >= 0.6 is 11.8 Å². The fourth-order valence-corrected chi connectivity index (χ4v) is 3.13. The molecule has 1 N–H and O–H groups in total. The van der Waals surface area contributed by atoms with Gasteiger partial charge >= 0.3 is 0 Å². The Morgan fingerprint density at radius 2 is 1.90 bits per heavy atom. The lowest BCUT2D eigenvalue weighted by Gasteiger charge is -2.09. The summed E-state index contributed by atoms with van der Waals surface area (Å²) in [5, 5.41) is 3.33. The molecule has 1 aliphatic rings. The predicted octanol–water partition coefficient (Wildman–Crippen LogP) is 4.53. The summed E-state index contributed by atoms with van der Waals surface area (Å²) in [6, 6.07) is 12.6. The van der Waals surface area contributed by atoms with Crippen LogP contribution in [0.25, 0.3) is 0 Å². The Labute approximate surface area is 126 Å². The molecule has 21 heavy (non-hydrogen) atoms. The van der Waals surface area contributed by atoms with Crippen LogP contribution in [0.4, 0.5) is 14.5 Å². The number of aryl methyl sites for hydroxylation is 1. The molecule has 2 aromatic rings. The van der Waals surface area contributed by atoms with Crippen LogP contribution in [-0.2, 0) is 0 Å². The molecule has 0 saturated carbocycles. The molecule has 0 aliphatic carbocycles. The van der Waals surface area contributed by atoms with Crippen molar-refractivity contribution in [3.63, 3.8) is 0 Å². The summed E-state index contributed by atoms with van der Waals surface area (Å²) in [5.74, 6) is -0.410. The van der Waals surface area contributed by atoms with E-state index < -0.39 is 11.6 Å². The van der Waals surface area contributed by atoms with Gasteiger partial charge in [0, 0.05) is 5.75 Å².